The van der Waals surface area contributed by atoms with Crippen LogP contribution in [0.4, 0.5) is 0 Å². The molecule has 0 heterocycles. The Morgan fingerprint density at radius 2 is 1.67 bits per heavy atom. The van der Waals surface area contributed by atoms with Crippen molar-refractivity contribution < 1.29 is 15.0 Å². The number of aliphatic hydroxyl groups is 1. The summed E-state index contributed by atoms with van der Waals surface area (Å²) in [5.74, 6) is 2.27. The summed E-state index contributed by atoms with van der Waals surface area (Å²) in [6.45, 7) is 6.87. The van der Waals surface area contributed by atoms with Gasteiger partial charge in [-0.3, -0.25) is 0 Å². The molecule has 3 unspecified atom stereocenters. The second-order valence-electron chi connectivity index (χ2n) is 6.59. The molecule has 3 atom stereocenters. The lowest BCUT2D eigenvalue weighted by atomic mass is 9.50. The van der Waals surface area contributed by atoms with Gasteiger partial charge >= 0.3 is 5.97 Å². The Bertz CT molecular complexity index is 335. The van der Waals surface area contributed by atoms with Crippen molar-refractivity contribution in [3.05, 3.63) is 12.2 Å². The number of carboxylic acid groups (broad SMARTS) is 1. The van der Waals surface area contributed by atoms with Crippen molar-refractivity contribution in [2.45, 2.75) is 51.6 Å². The molecule has 102 valence electrons. The zero-order valence-electron chi connectivity index (χ0n) is 11.4. The van der Waals surface area contributed by atoms with Crippen molar-refractivity contribution in [2.24, 2.45) is 23.7 Å². The summed E-state index contributed by atoms with van der Waals surface area (Å²) < 4.78 is 0. The minimum absolute atomic E-state index is 0.176. The zero-order chi connectivity index (χ0) is 13.5. The maximum Gasteiger partial charge on any atom is 0.330 e. The van der Waals surface area contributed by atoms with E-state index in [2.05, 4.69) is 13.5 Å². The van der Waals surface area contributed by atoms with Crippen LogP contribution in [-0.4, -0.2) is 21.8 Å². The van der Waals surface area contributed by atoms with Gasteiger partial charge in [0.2, 0.25) is 0 Å². The average Bonchev–Trinajstić information content (AvgIpc) is 2.25. The SMILES string of the molecule is C=C(C)C(=O)O.CC1C2CC3CC(C2)CC1(O)C3. The first-order valence-corrected chi connectivity index (χ1v) is 6.93. The number of hydrogen-bond acceptors (Lipinski definition) is 2. The molecule has 3 nitrogen and oxygen atoms in total. The van der Waals surface area contributed by atoms with Crippen LogP contribution in [0, 0.1) is 23.7 Å². The Balaban J connectivity index is 0.000000174. The van der Waals surface area contributed by atoms with Crippen LogP contribution in [0.5, 0.6) is 0 Å². The first-order valence-electron chi connectivity index (χ1n) is 6.93. The van der Waals surface area contributed by atoms with E-state index in [4.69, 9.17) is 5.11 Å². The van der Waals surface area contributed by atoms with Gasteiger partial charge in [0.15, 0.2) is 0 Å². The summed E-state index contributed by atoms with van der Waals surface area (Å²) in [5.41, 5.74) is -0.0654. The third-order valence-electron chi connectivity index (χ3n) is 5.14. The molecule has 0 amide bonds. The monoisotopic (exact) mass is 252 g/mol. The number of rotatable bonds is 1. The molecule has 0 saturated heterocycles. The largest absolute Gasteiger partial charge is 0.478 e. The molecule has 0 spiro atoms. The van der Waals surface area contributed by atoms with Crippen LogP contribution in [0.25, 0.3) is 0 Å². The molecule has 0 radical (unpaired) electrons. The molecule has 4 rings (SSSR count). The number of aliphatic carboxylic acids is 1. The van der Waals surface area contributed by atoms with Gasteiger partial charge in [0.05, 0.1) is 5.60 Å². The Labute approximate surface area is 109 Å². The molecule has 4 aliphatic carbocycles. The standard InChI is InChI=1S/C11H18O.C4H6O2/c1-7-10-3-8-2-9(4-10)6-11(7,12)5-8;1-3(2)4(5)6/h7-10,12H,2-6H2,1H3;1H2,2H3,(H,5,6). The molecular weight excluding hydrogens is 228 g/mol. The van der Waals surface area contributed by atoms with E-state index in [1.54, 1.807) is 0 Å². The number of hydrogen-bond donors (Lipinski definition) is 2. The Morgan fingerprint density at radius 1 is 1.22 bits per heavy atom. The van der Waals surface area contributed by atoms with Gasteiger partial charge in [0.25, 0.3) is 0 Å². The summed E-state index contributed by atoms with van der Waals surface area (Å²) in [6, 6.07) is 0. The summed E-state index contributed by atoms with van der Waals surface area (Å²) in [6.07, 6.45) is 6.48. The molecule has 2 N–H and O–H groups in total. The van der Waals surface area contributed by atoms with E-state index in [9.17, 15) is 9.90 Å². The Kier molecular flexibility index (Phi) is 3.54. The van der Waals surface area contributed by atoms with Gasteiger partial charge in [0, 0.05) is 5.57 Å². The third kappa shape index (κ3) is 2.46. The first kappa shape index (κ1) is 13.6. The summed E-state index contributed by atoms with van der Waals surface area (Å²) in [7, 11) is 0. The van der Waals surface area contributed by atoms with Crippen LogP contribution in [-0.2, 0) is 4.79 Å². The molecular formula is C15H24O3. The van der Waals surface area contributed by atoms with E-state index in [-0.39, 0.29) is 11.2 Å². The molecule has 4 aliphatic rings. The van der Waals surface area contributed by atoms with Gasteiger partial charge in [-0.2, -0.15) is 0 Å². The van der Waals surface area contributed by atoms with Crippen molar-refractivity contribution in [3.8, 4) is 0 Å². The average molecular weight is 252 g/mol. The van der Waals surface area contributed by atoms with Crippen LogP contribution < -0.4 is 0 Å². The highest BCUT2D eigenvalue weighted by Gasteiger charge is 2.54. The van der Waals surface area contributed by atoms with Crippen LogP contribution in [0.1, 0.15) is 46.0 Å². The van der Waals surface area contributed by atoms with Crippen molar-refractivity contribution >= 4 is 5.97 Å². The topological polar surface area (TPSA) is 57.5 Å². The van der Waals surface area contributed by atoms with Crippen molar-refractivity contribution in [2.75, 3.05) is 0 Å². The molecule has 4 saturated carbocycles. The van der Waals surface area contributed by atoms with Gasteiger partial charge in [0.1, 0.15) is 0 Å². The van der Waals surface area contributed by atoms with Crippen LogP contribution in [0.3, 0.4) is 0 Å². The summed E-state index contributed by atoms with van der Waals surface area (Å²) >= 11 is 0. The molecule has 18 heavy (non-hydrogen) atoms. The molecule has 0 aromatic carbocycles. The highest BCUT2D eigenvalue weighted by atomic mass is 16.4. The lowest BCUT2D eigenvalue weighted by Gasteiger charge is -2.58. The smallest absolute Gasteiger partial charge is 0.330 e. The Hall–Kier alpha value is -0.830. The maximum atomic E-state index is 10.4. The van der Waals surface area contributed by atoms with Crippen molar-refractivity contribution in [1.82, 2.24) is 0 Å². The van der Waals surface area contributed by atoms with E-state index >= 15 is 0 Å². The van der Waals surface area contributed by atoms with Crippen LogP contribution in [0.2, 0.25) is 0 Å². The van der Waals surface area contributed by atoms with Gasteiger partial charge in [-0.1, -0.05) is 13.5 Å². The molecule has 3 heteroatoms. The number of carbonyl (C=O) groups is 1. The van der Waals surface area contributed by atoms with E-state index < -0.39 is 5.97 Å². The van der Waals surface area contributed by atoms with Gasteiger partial charge in [-0.25, -0.2) is 4.79 Å². The van der Waals surface area contributed by atoms with Crippen LogP contribution >= 0.6 is 0 Å². The summed E-state index contributed by atoms with van der Waals surface area (Å²) in [5, 5.41) is 18.3. The molecule has 4 fully saturated rings. The highest BCUT2D eigenvalue weighted by Crippen LogP contribution is 2.58. The first-order chi connectivity index (χ1) is 8.32. The van der Waals surface area contributed by atoms with Gasteiger partial charge in [-0.15, -0.1) is 0 Å². The molecule has 4 bridgehead atoms. The van der Waals surface area contributed by atoms with E-state index in [1.807, 2.05) is 0 Å². The normalized spacial score (nSPS) is 44.2. The lowest BCUT2D eigenvalue weighted by Crippen LogP contribution is -2.56. The Morgan fingerprint density at radius 3 is 2.00 bits per heavy atom. The minimum Gasteiger partial charge on any atom is -0.478 e. The highest BCUT2D eigenvalue weighted by molar-refractivity contribution is 5.84. The molecule has 0 aromatic rings. The summed E-state index contributed by atoms with van der Waals surface area (Å²) in [4.78, 5) is 9.60. The lowest BCUT2D eigenvalue weighted by molar-refractivity contribution is -0.165. The predicted octanol–water partition coefficient (Wildman–Crippen LogP) is 2.84. The van der Waals surface area contributed by atoms with Gasteiger partial charge < -0.3 is 10.2 Å². The van der Waals surface area contributed by atoms with Gasteiger partial charge in [-0.05, 0) is 62.7 Å². The van der Waals surface area contributed by atoms with E-state index in [0.29, 0.717) is 5.92 Å². The quantitative estimate of drug-likeness (QED) is 0.705. The zero-order valence-corrected chi connectivity index (χ0v) is 11.4. The van der Waals surface area contributed by atoms with E-state index in [1.165, 1.54) is 26.2 Å². The third-order valence-corrected chi connectivity index (χ3v) is 5.14. The predicted molar refractivity (Wildman–Crippen MR) is 70.1 cm³/mol. The maximum absolute atomic E-state index is 10.4. The van der Waals surface area contributed by atoms with Crippen molar-refractivity contribution in [3.63, 3.8) is 0 Å². The van der Waals surface area contributed by atoms with E-state index in [0.717, 1.165) is 30.6 Å². The second-order valence-corrected chi connectivity index (χ2v) is 6.59. The fourth-order valence-electron chi connectivity index (χ4n) is 4.25. The molecule has 0 aliphatic heterocycles. The van der Waals surface area contributed by atoms with Crippen molar-refractivity contribution in [1.29, 1.82) is 0 Å². The second kappa shape index (κ2) is 4.69. The molecule has 0 aromatic heterocycles. The van der Waals surface area contributed by atoms with Crippen LogP contribution in [0.15, 0.2) is 12.2 Å². The fraction of sp³-hybridized carbons (Fsp3) is 0.800. The fourth-order valence-corrected chi connectivity index (χ4v) is 4.25. The minimum atomic E-state index is -0.935. The number of carboxylic acids is 1.